The molecule has 30 heavy (non-hydrogen) atoms. The standard InChI is InChI=1S/C20H21F2N5O3/c21-15-10-14(11-16(22)12-15)20(30)27-9-1-8-26(18(27)17(28)25-7-4-23)19(29)13-2-5-24-6-3-13/h2-3,5-6,10-12,18H,1,4,7-9,23H2,(H,25,28). The van der Waals surface area contributed by atoms with Crippen molar-refractivity contribution in [3.05, 3.63) is 65.5 Å². The van der Waals surface area contributed by atoms with Crippen molar-refractivity contribution in [2.24, 2.45) is 5.73 Å². The van der Waals surface area contributed by atoms with Gasteiger partial charge in [-0.25, -0.2) is 8.78 Å². The number of carbonyl (C=O) groups excluding carboxylic acids is 3. The SMILES string of the molecule is NCCNC(=O)C1N(C(=O)c2ccncc2)CCCN1C(=O)c1cc(F)cc(F)c1. The lowest BCUT2D eigenvalue weighted by molar-refractivity contribution is -0.132. The summed E-state index contributed by atoms with van der Waals surface area (Å²) in [6.07, 6.45) is 1.99. The molecule has 1 aromatic carbocycles. The van der Waals surface area contributed by atoms with Gasteiger partial charge in [0.2, 0.25) is 0 Å². The van der Waals surface area contributed by atoms with Crippen molar-refractivity contribution in [3.8, 4) is 0 Å². The molecule has 1 aliphatic heterocycles. The second-order valence-corrected chi connectivity index (χ2v) is 6.70. The van der Waals surface area contributed by atoms with Gasteiger partial charge in [-0.1, -0.05) is 0 Å². The van der Waals surface area contributed by atoms with Crippen LogP contribution in [-0.4, -0.2) is 64.9 Å². The van der Waals surface area contributed by atoms with Crippen LogP contribution in [0.2, 0.25) is 0 Å². The van der Waals surface area contributed by atoms with E-state index in [1.165, 1.54) is 29.4 Å². The molecule has 8 nitrogen and oxygen atoms in total. The highest BCUT2D eigenvalue weighted by Crippen LogP contribution is 2.21. The van der Waals surface area contributed by atoms with Crippen LogP contribution >= 0.6 is 0 Å². The van der Waals surface area contributed by atoms with E-state index >= 15 is 0 Å². The van der Waals surface area contributed by atoms with Crippen molar-refractivity contribution in [2.75, 3.05) is 26.2 Å². The first-order valence-corrected chi connectivity index (χ1v) is 9.38. The highest BCUT2D eigenvalue weighted by atomic mass is 19.1. The molecule has 1 atom stereocenters. The lowest BCUT2D eigenvalue weighted by atomic mass is 10.1. The predicted molar refractivity (Wildman–Crippen MR) is 103 cm³/mol. The summed E-state index contributed by atoms with van der Waals surface area (Å²) >= 11 is 0. The van der Waals surface area contributed by atoms with Gasteiger partial charge >= 0.3 is 0 Å². The number of amides is 3. The topological polar surface area (TPSA) is 109 Å². The Hall–Kier alpha value is -3.40. The van der Waals surface area contributed by atoms with E-state index in [1.807, 2.05) is 0 Å². The quantitative estimate of drug-likeness (QED) is 0.746. The molecule has 0 aliphatic carbocycles. The molecule has 3 N–H and O–H groups in total. The van der Waals surface area contributed by atoms with Gasteiger partial charge in [-0.05, 0) is 30.7 Å². The average Bonchev–Trinajstić information content (AvgIpc) is 2.75. The molecule has 2 heterocycles. The van der Waals surface area contributed by atoms with Gasteiger partial charge in [-0.3, -0.25) is 19.4 Å². The zero-order valence-electron chi connectivity index (χ0n) is 16.1. The number of hydrogen-bond acceptors (Lipinski definition) is 5. The van der Waals surface area contributed by atoms with E-state index in [-0.39, 0.29) is 31.7 Å². The Labute approximate surface area is 171 Å². The third kappa shape index (κ3) is 4.60. The van der Waals surface area contributed by atoms with Crippen molar-refractivity contribution >= 4 is 17.7 Å². The van der Waals surface area contributed by atoms with Gasteiger partial charge < -0.3 is 20.9 Å². The van der Waals surface area contributed by atoms with Crippen LogP contribution in [0.3, 0.4) is 0 Å². The summed E-state index contributed by atoms with van der Waals surface area (Å²) in [5.74, 6) is -3.65. The van der Waals surface area contributed by atoms with Gasteiger partial charge in [0.1, 0.15) is 11.6 Å². The van der Waals surface area contributed by atoms with E-state index < -0.39 is 35.5 Å². The third-order valence-corrected chi connectivity index (χ3v) is 4.63. The molecule has 0 spiro atoms. The smallest absolute Gasteiger partial charge is 0.263 e. The van der Waals surface area contributed by atoms with Crippen molar-refractivity contribution in [3.63, 3.8) is 0 Å². The number of benzene rings is 1. The largest absolute Gasteiger partial charge is 0.351 e. The van der Waals surface area contributed by atoms with Crippen LogP contribution in [0, 0.1) is 11.6 Å². The third-order valence-electron chi connectivity index (χ3n) is 4.63. The van der Waals surface area contributed by atoms with E-state index in [4.69, 9.17) is 5.73 Å². The highest BCUT2D eigenvalue weighted by molar-refractivity contribution is 6.01. The van der Waals surface area contributed by atoms with Crippen LogP contribution in [0.15, 0.2) is 42.7 Å². The second kappa shape index (κ2) is 9.40. The van der Waals surface area contributed by atoms with Crippen LogP contribution < -0.4 is 11.1 Å². The van der Waals surface area contributed by atoms with Gasteiger partial charge in [0, 0.05) is 55.8 Å². The minimum absolute atomic E-state index is 0.137. The fourth-order valence-corrected chi connectivity index (χ4v) is 3.32. The molecule has 0 radical (unpaired) electrons. The zero-order valence-corrected chi connectivity index (χ0v) is 16.1. The van der Waals surface area contributed by atoms with Gasteiger partial charge in [0.15, 0.2) is 6.17 Å². The molecule has 1 unspecified atom stereocenters. The molecule has 0 bridgehead atoms. The molecule has 1 fully saturated rings. The van der Waals surface area contributed by atoms with Crippen LogP contribution in [0.4, 0.5) is 8.78 Å². The van der Waals surface area contributed by atoms with Crippen molar-refractivity contribution < 1.29 is 23.2 Å². The fraction of sp³-hybridized carbons (Fsp3) is 0.300. The maximum absolute atomic E-state index is 13.6. The number of hydrogen-bond donors (Lipinski definition) is 2. The number of nitrogens with one attached hydrogen (secondary N) is 1. The van der Waals surface area contributed by atoms with Crippen molar-refractivity contribution in [1.29, 1.82) is 0 Å². The van der Waals surface area contributed by atoms with Gasteiger partial charge in [-0.15, -0.1) is 0 Å². The Bertz CT molecular complexity index is 921. The summed E-state index contributed by atoms with van der Waals surface area (Å²) in [6, 6.07) is 5.44. The molecular formula is C20H21F2N5O3. The van der Waals surface area contributed by atoms with Crippen LogP contribution in [0.25, 0.3) is 0 Å². The number of carbonyl (C=O) groups is 3. The first-order valence-electron chi connectivity index (χ1n) is 9.38. The second-order valence-electron chi connectivity index (χ2n) is 6.70. The lowest BCUT2D eigenvalue weighted by Gasteiger charge is -2.42. The van der Waals surface area contributed by atoms with Crippen molar-refractivity contribution in [1.82, 2.24) is 20.1 Å². The molecule has 2 aromatic rings. The summed E-state index contributed by atoms with van der Waals surface area (Å²) in [5, 5.41) is 2.59. The van der Waals surface area contributed by atoms with E-state index in [9.17, 15) is 23.2 Å². The number of aromatic nitrogens is 1. The van der Waals surface area contributed by atoms with Gasteiger partial charge in [0.05, 0.1) is 0 Å². The Morgan fingerprint density at radius 2 is 1.57 bits per heavy atom. The normalized spacial score (nSPS) is 16.3. The first-order chi connectivity index (χ1) is 14.4. The Morgan fingerprint density at radius 3 is 2.13 bits per heavy atom. The summed E-state index contributed by atoms with van der Waals surface area (Å²) in [7, 11) is 0. The Morgan fingerprint density at radius 1 is 1.00 bits per heavy atom. The number of nitrogens with two attached hydrogens (primary N) is 1. The minimum atomic E-state index is -1.29. The van der Waals surface area contributed by atoms with Crippen LogP contribution in [-0.2, 0) is 4.79 Å². The molecule has 1 aromatic heterocycles. The number of halogens is 2. The summed E-state index contributed by atoms with van der Waals surface area (Å²) in [5.41, 5.74) is 5.50. The molecule has 3 rings (SSSR count). The average molecular weight is 417 g/mol. The van der Waals surface area contributed by atoms with E-state index in [2.05, 4.69) is 10.3 Å². The molecule has 1 saturated heterocycles. The van der Waals surface area contributed by atoms with Gasteiger partial charge in [-0.2, -0.15) is 0 Å². The maximum Gasteiger partial charge on any atom is 0.263 e. The summed E-state index contributed by atoms with van der Waals surface area (Å²) < 4.78 is 27.3. The van der Waals surface area contributed by atoms with Crippen LogP contribution in [0.1, 0.15) is 27.1 Å². The number of nitrogens with zero attached hydrogens (tertiary/aromatic N) is 3. The Balaban J connectivity index is 1.96. The first kappa shape index (κ1) is 21.3. The number of rotatable bonds is 5. The molecular weight excluding hydrogens is 396 g/mol. The maximum atomic E-state index is 13.6. The molecule has 158 valence electrons. The fourth-order valence-electron chi connectivity index (χ4n) is 3.32. The van der Waals surface area contributed by atoms with Crippen molar-refractivity contribution in [2.45, 2.75) is 12.6 Å². The van der Waals surface area contributed by atoms with E-state index in [0.29, 0.717) is 18.1 Å². The zero-order chi connectivity index (χ0) is 21.7. The molecule has 10 heteroatoms. The Kier molecular flexibility index (Phi) is 6.68. The van der Waals surface area contributed by atoms with Crippen LogP contribution in [0.5, 0.6) is 0 Å². The van der Waals surface area contributed by atoms with Gasteiger partial charge in [0.25, 0.3) is 17.7 Å². The highest BCUT2D eigenvalue weighted by Gasteiger charge is 2.40. The van der Waals surface area contributed by atoms with E-state index in [1.54, 1.807) is 0 Å². The predicted octanol–water partition coefficient (Wildman–Crippen LogP) is 0.749. The summed E-state index contributed by atoms with van der Waals surface area (Å²) in [6.45, 7) is 0.671. The monoisotopic (exact) mass is 417 g/mol. The number of pyridine rings is 1. The molecule has 1 aliphatic rings. The summed E-state index contributed by atoms with van der Waals surface area (Å²) in [4.78, 5) is 45.2. The molecule has 3 amide bonds. The van der Waals surface area contributed by atoms with E-state index in [0.717, 1.165) is 17.0 Å². The molecule has 0 saturated carbocycles. The minimum Gasteiger partial charge on any atom is -0.351 e. The lowest BCUT2D eigenvalue weighted by Crippen LogP contribution is -2.63.